The molecule has 0 atom stereocenters. The maximum Gasteiger partial charge on any atom is 0.357 e. The second kappa shape index (κ2) is 9.23. The molecule has 0 aliphatic carbocycles. The number of ether oxygens (including phenoxy) is 2. The molecule has 0 amide bonds. The van der Waals surface area contributed by atoms with Crippen LogP contribution < -0.4 is 20.7 Å². The number of H-pyrrole nitrogens is 2. The maximum atomic E-state index is 11.7. The van der Waals surface area contributed by atoms with Crippen LogP contribution in [-0.4, -0.2) is 22.0 Å². The molecule has 0 aliphatic rings. The third kappa shape index (κ3) is 4.67. The van der Waals surface area contributed by atoms with Crippen LogP contribution in [0.25, 0.3) is 22.9 Å². The Bertz CT molecular complexity index is 1480. The van der Waals surface area contributed by atoms with Crippen molar-refractivity contribution >= 4 is 28.6 Å². The van der Waals surface area contributed by atoms with Gasteiger partial charge in [0.25, 0.3) is 0 Å². The summed E-state index contributed by atoms with van der Waals surface area (Å²) >= 11 is 0. The van der Waals surface area contributed by atoms with Crippen LogP contribution in [0.4, 0.5) is 5.69 Å². The topological polar surface area (TPSA) is 127 Å². The van der Waals surface area contributed by atoms with Crippen LogP contribution >= 0.6 is 0 Å². The van der Waals surface area contributed by atoms with Gasteiger partial charge in [-0.1, -0.05) is 54.6 Å². The molecule has 0 unspecified atom stereocenters. The molecule has 33 heavy (non-hydrogen) atoms. The highest BCUT2D eigenvalue weighted by Gasteiger charge is 2.18. The summed E-state index contributed by atoms with van der Waals surface area (Å²) in [5, 5.41) is 13.4. The number of rotatable bonds is 7. The van der Waals surface area contributed by atoms with Crippen molar-refractivity contribution in [2.75, 3.05) is 7.11 Å². The first-order chi connectivity index (χ1) is 16.0. The standard InChI is InChI=1S/C24H19N3O6/c1-32-21-13-15(9-11-19-22(27(30)31)23(28)26-24(29)25-19)10-12-20(21)33-14-17-7-4-6-16-5-2-3-8-18(16)17/h2-13H,14H2,1H3,(H2,25,26,28,29). The van der Waals surface area contributed by atoms with Crippen molar-refractivity contribution in [3.63, 3.8) is 0 Å². The molecule has 0 aliphatic heterocycles. The van der Waals surface area contributed by atoms with Gasteiger partial charge in [-0.2, -0.15) is 0 Å². The van der Waals surface area contributed by atoms with Gasteiger partial charge in [-0.05, 0) is 40.1 Å². The summed E-state index contributed by atoms with van der Waals surface area (Å²) in [4.78, 5) is 37.7. The molecule has 9 nitrogen and oxygen atoms in total. The van der Waals surface area contributed by atoms with Gasteiger partial charge in [-0.25, -0.2) is 4.79 Å². The van der Waals surface area contributed by atoms with E-state index in [1.807, 2.05) is 47.4 Å². The number of nitrogens with zero attached hydrogens (tertiary/aromatic N) is 1. The SMILES string of the molecule is COc1cc(C=Cc2[nH]c(=O)[nH]c(=O)c2[N+](=O)[O-])ccc1OCc1cccc2ccccc12. The molecule has 9 heteroatoms. The number of methoxy groups -OCH3 is 1. The van der Waals surface area contributed by atoms with E-state index in [2.05, 4.69) is 4.98 Å². The van der Waals surface area contributed by atoms with Gasteiger partial charge in [0.05, 0.1) is 12.0 Å². The van der Waals surface area contributed by atoms with Crippen LogP contribution in [0.1, 0.15) is 16.8 Å². The average molecular weight is 445 g/mol. The van der Waals surface area contributed by atoms with Gasteiger partial charge in [-0.3, -0.25) is 19.9 Å². The molecule has 166 valence electrons. The minimum Gasteiger partial charge on any atom is -0.493 e. The lowest BCUT2D eigenvalue weighted by molar-refractivity contribution is -0.386. The Kier molecular flexibility index (Phi) is 6.03. The van der Waals surface area contributed by atoms with Crippen molar-refractivity contribution in [1.82, 2.24) is 9.97 Å². The zero-order chi connectivity index (χ0) is 23.4. The van der Waals surface area contributed by atoms with E-state index in [4.69, 9.17) is 9.47 Å². The van der Waals surface area contributed by atoms with Crippen molar-refractivity contribution in [2.45, 2.75) is 6.61 Å². The summed E-state index contributed by atoms with van der Waals surface area (Å²) < 4.78 is 11.4. The zero-order valence-electron chi connectivity index (χ0n) is 17.5. The summed E-state index contributed by atoms with van der Waals surface area (Å²) in [6.07, 6.45) is 2.81. The van der Waals surface area contributed by atoms with Gasteiger partial charge in [0.15, 0.2) is 11.5 Å². The van der Waals surface area contributed by atoms with E-state index in [-0.39, 0.29) is 5.69 Å². The van der Waals surface area contributed by atoms with E-state index in [9.17, 15) is 19.7 Å². The van der Waals surface area contributed by atoms with Gasteiger partial charge in [0, 0.05) is 0 Å². The summed E-state index contributed by atoms with van der Waals surface area (Å²) in [7, 11) is 1.51. The van der Waals surface area contributed by atoms with Crippen LogP contribution in [0, 0.1) is 10.1 Å². The normalized spacial score (nSPS) is 11.1. The van der Waals surface area contributed by atoms with E-state index in [0.717, 1.165) is 16.3 Å². The highest BCUT2D eigenvalue weighted by molar-refractivity contribution is 5.85. The fourth-order valence-electron chi connectivity index (χ4n) is 3.46. The molecular formula is C24H19N3O6. The third-order valence-electron chi connectivity index (χ3n) is 5.02. The molecule has 0 radical (unpaired) electrons. The molecule has 1 aromatic heterocycles. The maximum absolute atomic E-state index is 11.7. The van der Waals surface area contributed by atoms with Gasteiger partial charge >= 0.3 is 16.9 Å². The highest BCUT2D eigenvalue weighted by Crippen LogP contribution is 2.30. The Balaban J connectivity index is 1.58. The first kappa shape index (κ1) is 21.6. The number of hydrogen-bond acceptors (Lipinski definition) is 6. The monoisotopic (exact) mass is 445 g/mol. The minimum atomic E-state index is -1.07. The van der Waals surface area contributed by atoms with Crippen LogP contribution in [0.5, 0.6) is 11.5 Å². The first-order valence-electron chi connectivity index (χ1n) is 9.93. The molecule has 4 aromatic rings. The molecule has 1 heterocycles. The number of aromatic amines is 2. The van der Waals surface area contributed by atoms with Crippen LogP contribution in [0.15, 0.2) is 70.3 Å². The lowest BCUT2D eigenvalue weighted by Gasteiger charge is -2.13. The van der Waals surface area contributed by atoms with Gasteiger partial charge < -0.3 is 14.5 Å². The summed E-state index contributed by atoms with van der Waals surface area (Å²) in [6.45, 7) is 0.340. The Morgan fingerprint density at radius 3 is 2.55 bits per heavy atom. The molecule has 3 aromatic carbocycles. The molecule has 0 fully saturated rings. The number of fused-ring (bicyclic) bond motifs is 1. The lowest BCUT2D eigenvalue weighted by atomic mass is 10.1. The van der Waals surface area contributed by atoms with Crippen LogP contribution in [-0.2, 0) is 6.61 Å². The van der Waals surface area contributed by atoms with E-state index in [1.165, 1.54) is 19.3 Å². The van der Waals surface area contributed by atoms with E-state index >= 15 is 0 Å². The smallest absolute Gasteiger partial charge is 0.357 e. The fourth-order valence-corrected chi connectivity index (χ4v) is 3.46. The second-order valence-corrected chi connectivity index (χ2v) is 7.10. The average Bonchev–Trinajstić information content (AvgIpc) is 2.80. The number of aromatic nitrogens is 2. The van der Waals surface area contributed by atoms with Gasteiger partial charge in [0.2, 0.25) is 0 Å². The Morgan fingerprint density at radius 2 is 1.76 bits per heavy atom. The van der Waals surface area contributed by atoms with Crippen molar-refractivity contribution < 1.29 is 14.4 Å². The van der Waals surface area contributed by atoms with Gasteiger partial charge in [-0.15, -0.1) is 0 Å². The van der Waals surface area contributed by atoms with E-state index in [1.54, 1.807) is 18.2 Å². The van der Waals surface area contributed by atoms with Gasteiger partial charge in [0.1, 0.15) is 12.3 Å². The number of benzene rings is 3. The molecule has 2 N–H and O–H groups in total. The molecule has 0 saturated carbocycles. The second-order valence-electron chi connectivity index (χ2n) is 7.10. The van der Waals surface area contributed by atoms with Crippen molar-refractivity contribution in [2.24, 2.45) is 0 Å². The van der Waals surface area contributed by atoms with Crippen molar-refractivity contribution in [3.05, 3.63) is 108 Å². The van der Waals surface area contributed by atoms with Crippen LogP contribution in [0.2, 0.25) is 0 Å². The third-order valence-corrected chi connectivity index (χ3v) is 5.02. The Morgan fingerprint density at radius 1 is 0.970 bits per heavy atom. The zero-order valence-corrected chi connectivity index (χ0v) is 17.5. The summed E-state index contributed by atoms with van der Waals surface area (Å²) in [5.74, 6) is 0.990. The quantitative estimate of drug-likeness (QED) is 0.328. The molecular weight excluding hydrogens is 426 g/mol. The lowest BCUT2D eigenvalue weighted by Crippen LogP contribution is -2.25. The van der Waals surface area contributed by atoms with E-state index in [0.29, 0.717) is 23.7 Å². The minimum absolute atomic E-state index is 0.205. The predicted molar refractivity (Wildman–Crippen MR) is 125 cm³/mol. The molecule has 0 spiro atoms. The highest BCUT2D eigenvalue weighted by atomic mass is 16.6. The molecule has 0 saturated heterocycles. The summed E-state index contributed by atoms with van der Waals surface area (Å²) in [5.41, 5.74) is -1.19. The first-order valence-corrected chi connectivity index (χ1v) is 9.93. The fraction of sp³-hybridized carbons (Fsp3) is 0.0833. The Hall–Kier alpha value is -4.66. The number of nitrogens with one attached hydrogen (secondary N) is 2. The van der Waals surface area contributed by atoms with Crippen molar-refractivity contribution in [3.8, 4) is 11.5 Å². The predicted octanol–water partition coefficient (Wildman–Crippen LogP) is 3.88. The number of hydrogen-bond donors (Lipinski definition) is 2. The molecule has 0 bridgehead atoms. The summed E-state index contributed by atoms with van der Waals surface area (Å²) in [6, 6.07) is 19.2. The largest absolute Gasteiger partial charge is 0.493 e. The Labute approximate surface area is 187 Å². The van der Waals surface area contributed by atoms with Crippen molar-refractivity contribution in [1.29, 1.82) is 0 Å². The molecule has 4 rings (SSSR count). The van der Waals surface area contributed by atoms with E-state index < -0.39 is 21.9 Å². The van der Waals surface area contributed by atoms with Crippen LogP contribution in [0.3, 0.4) is 0 Å². The number of nitro groups is 1.